The van der Waals surface area contributed by atoms with Gasteiger partial charge in [-0.3, -0.25) is 14.4 Å². The molecule has 0 fully saturated rings. The minimum atomic E-state index is -0.667. The highest BCUT2D eigenvalue weighted by molar-refractivity contribution is 7.10. The van der Waals surface area contributed by atoms with Crippen molar-refractivity contribution in [3.8, 4) is 5.75 Å². The van der Waals surface area contributed by atoms with Crippen molar-refractivity contribution in [1.82, 2.24) is 9.88 Å². The number of thiophene rings is 1. The zero-order chi connectivity index (χ0) is 22.5. The predicted octanol–water partition coefficient (Wildman–Crippen LogP) is 3.02. The molecule has 9 heteroatoms. The number of nitrogens with zero attached hydrogens (tertiary/aromatic N) is 2. The van der Waals surface area contributed by atoms with E-state index in [0.29, 0.717) is 0 Å². The second-order valence-electron chi connectivity index (χ2n) is 8.66. The monoisotopic (exact) mass is 440 g/mol. The van der Waals surface area contributed by atoms with Crippen molar-refractivity contribution in [3.63, 3.8) is 0 Å². The predicted molar refractivity (Wildman–Crippen MR) is 121 cm³/mol. The molecule has 1 aromatic carbocycles. The minimum Gasteiger partial charge on any atom is -0.504 e. The fourth-order valence-corrected chi connectivity index (χ4v) is 5.09. The highest BCUT2D eigenvalue weighted by atomic mass is 32.1. The third kappa shape index (κ3) is 3.48. The van der Waals surface area contributed by atoms with Gasteiger partial charge in [0.05, 0.1) is 11.7 Å². The topological polar surface area (TPSA) is 112 Å². The molecule has 1 aliphatic rings. The van der Waals surface area contributed by atoms with Crippen molar-refractivity contribution in [2.45, 2.75) is 32.7 Å². The van der Waals surface area contributed by atoms with Crippen molar-refractivity contribution in [2.75, 3.05) is 24.7 Å². The minimum absolute atomic E-state index is 0.0780. The van der Waals surface area contributed by atoms with Gasteiger partial charge in [-0.25, -0.2) is 4.98 Å². The molecule has 0 saturated carbocycles. The summed E-state index contributed by atoms with van der Waals surface area (Å²) in [4.78, 5) is 43.4. The zero-order valence-corrected chi connectivity index (χ0v) is 18.6. The molecule has 1 atom stereocenters. The van der Waals surface area contributed by atoms with Crippen molar-refractivity contribution >= 4 is 34.3 Å². The molecule has 4 rings (SSSR count). The van der Waals surface area contributed by atoms with E-state index in [0.717, 1.165) is 12.8 Å². The molecule has 31 heavy (non-hydrogen) atoms. The summed E-state index contributed by atoms with van der Waals surface area (Å²) in [6.45, 7) is 4.28. The van der Waals surface area contributed by atoms with Gasteiger partial charge < -0.3 is 20.6 Å². The third-order valence-corrected chi connectivity index (χ3v) is 6.88. The van der Waals surface area contributed by atoms with Crippen LogP contribution in [-0.2, 0) is 6.42 Å². The standard InChI is InChI=1S/C22H24N4O4S/c1-22(2)8-5-11-7-10-31-19(11)20(22)25-14-13(17(28)18(14)29)24-12-6-9-23-15(16(12)27)21(30)26(3)4/h6-7,9-10,20,25,27H,5,8H2,1-4H3,(H,23,24). The lowest BCUT2D eigenvalue weighted by atomic mass is 9.73. The van der Waals surface area contributed by atoms with Gasteiger partial charge >= 0.3 is 0 Å². The summed E-state index contributed by atoms with van der Waals surface area (Å²) in [6.07, 6.45) is 3.29. The average molecular weight is 441 g/mol. The number of aryl methyl sites for hydroxylation is 1. The highest BCUT2D eigenvalue weighted by Crippen LogP contribution is 2.47. The van der Waals surface area contributed by atoms with Crippen molar-refractivity contribution in [3.05, 3.63) is 60.3 Å². The quantitative estimate of drug-likeness (QED) is 0.523. The first kappa shape index (κ1) is 21.0. The number of aromatic hydroxyl groups is 1. The second-order valence-corrected chi connectivity index (χ2v) is 9.61. The molecule has 162 valence electrons. The molecule has 1 aliphatic carbocycles. The van der Waals surface area contributed by atoms with Crippen LogP contribution in [0.1, 0.15) is 47.2 Å². The number of anilines is 3. The number of amides is 1. The Hall–Kier alpha value is -3.20. The first-order valence-corrected chi connectivity index (χ1v) is 10.8. The molecule has 0 bridgehead atoms. The van der Waals surface area contributed by atoms with Crippen molar-refractivity contribution < 1.29 is 9.90 Å². The van der Waals surface area contributed by atoms with E-state index in [-0.39, 0.29) is 40.0 Å². The van der Waals surface area contributed by atoms with Crippen LogP contribution in [0.2, 0.25) is 0 Å². The Morgan fingerprint density at radius 1 is 1.23 bits per heavy atom. The number of hydrogen-bond acceptors (Lipinski definition) is 8. The number of carbonyl (C=O) groups is 1. The average Bonchev–Trinajstić information content (AvgIpc) is 3.20. The number of nitrogens with one attached hydrogen (secondary N) is 2. The van der Waals surface area contributed by atoms with Crippen LogP contribution < -0.4 is 21.5 Å². The fraction of sp³-hybridized carbons (Fsp3) is 0.364. The van der Waals surface area contributed by atoms with Crippen molar-refractivity contribution in [1.29, 1.82) is 0 Å². The summed E-state index contributed by atoms with van der Waals surface area (Å²) in [5.41, 5.74) is 0.150. The van der Waals surface area contributed by atoms with Crippen LogP contribution in [0.15, 0.2) is 33.3 Å². The Bertz CT molecular complexity index is 1240. The van der Waals surface area contributed by atoms with Crippen LogP contribution in [0.3, 0.4) is 0 Å². The summed E-state index contributed by atoms with van der Waals surface area (Å²) >= 11 is 1.64. The van der Waals surface area contributed by atoms with Crippen LogP contribution in [0.5, 0.6) is 5.75 Å². The molecule has 2 heterocycles. The molecular weight excluding hydrogens is 416 g/mol. The lowest BCUT2D eigenvalue weighted by Gasteiger charge is -2.39. The van der Waals surface area contributed by atoms with Crippen molar-refractivity contribution in [2.24, 2.45) is 5.41 Å². The number of hydrogen-bond donors (Lipinski definition) is 3. The normalized spacial score (nSPS) is 17.2. The lowest BCUT2D eigenvalue weighted by molar-refractivity contribution is 0.0819. The van der Waals surface area contributed by atoms with E-state index in [9.17, 15) is 19.5 Å². The molecule has 8 nitrogen and oxygen atoms in total. The summed E-state index contributed by atoms with van der Waals surface area (Å²) in [5, 5.41) is 18.7. The SMILES string of the molecule is CN(C)C(=O)c1nccc(Nc2c(NC3c4sccc4CCC3(C)C)c(=O)c2=O)c1O. The number of fused-ring (bicyclic) bond motifs is 1. The molecular formula is C22H24N4O4S. The maximum atomic E-state index is 12.4. The van der Waals surface area contributed by atoms with Gasteiger partial charge in [0.2, 0.25) is 0 Å². The van der Waals surface area contributed by atoms with E-state index in [1.807, 2.05) is 5.38 Å². The molecule has 1 amide bonds. The fourth-order valence-electron chi connectivity index (χ4n) is 3.87. The largest absolute Gasteiger partial charge is 0.504 e. The molecule has 3 N–H and O–H groups in total. The summed E-state index contributed by atoms with van der Waals surface area (Å²) in [5.74, 6) is -0.850. The summed E-state index contributed by atoms with van der Waals surface area (Å²) in [6, 6.07) is 3.44. The molecule has 2 aromatic heterocycles. The zero-order valence-electron chi connectivity index (χ0n) is 17.8. The van der Waals surface area contributed by atoms with Gasteiger partial charge in [0.15, 0.2) is 11.4 Å². The van der Waals surface area contributed by atoms with Gasteiger partial charge in [-0.15, -0.1) is 11.3 Å². The number of carbonyl (C=O) groups excluding carboxylic acids is 1. The number of rotatable bonds is 5. The molecule has 3 aromatic rings. The Kier molecular flexibility index (Phi) is 5.09. The molecule has 1 unspecified atom stereocenters. The summed E-state index contributed by atoms with van der Waals surface area (Å²) < 4.78 is 0. The van der Waals surface area contributed by atoms with Crippen LogP contribution in [0, 0.1) is 5.41 Å². The summed E-state index contributed by atoms with van der Waals surface area (Å²) in [7, 11) is 3.10. The van der Waals surface area contributed by atoms with Crippen LogP contribution >= 0.6 is 11.3 Å². The van der Waals surface area contributed by atoms with E-state index in [1.54, 1.807) is 25.4 Å². The van der Waals surface area contributed by atoms with Gasteiger partial charge in [0.1, 0.15) is 11.4 Å². The Morgan fingerprint density at radius 3 is 2.65 bits per heavy atom. The maximum Gasteiger partial charge on any atom is 0.275 e. The number of pyridine rings is 1. The Balaban J connectivity index is 1.67. The van der Waals surface area contributed by atoms with Gasteiger partial charge in [-0.05, 0) is 41.3 Å². The van der Waals surface area contributed by atoms with E-state index in [1.165, 1.54) is 27.6 Å². The molecule has 0 saturated heterocycles. The van der Waals surface area contributed by atoms with E-state index < -0.39 is 16.8 Å². The molecule has 0 spiro atoms. The maximum absolute atomic E-state index is 12.4. The second kappa shape index (κ2) is 7.49. The number of aromatic nitrogens is 1. The van der Waals surface area contributed by atoms with Crippen LogP contribution in [0.25, 0.3) is 0 Å². The van der Waals surface area contributed by atoms with E-state index in [2.05, 4.69) is 35.5 Å². The van der Waals surface area contributed by atoms with Crippen LogP contribution in [-0.4, -0.2) is 35.0 Å². The third-order valence-electron chi connectivity index (χ3n) is 5.85. The van der Waals surface area contributed by atoms with E-state index >= 15 is 0 Å². The van der Waals surface area contributed by atoms with E-state index in [4.69, 9.17) is 0 Å². The molecule has 0 radical (unpaired) electrons. The van der Waals surface area contributed by atoms with Gasteiger partial charge in [0, 0.05) is 25.2 Å². The van der Waals surface area contributed by atoms with Gasteiger partial charge in [-0.2, -0.15) is 0 Å². The first-order valence-electron chi connectivity index (χ1n) is 9.94. The van der Waals surface area contributed by atoms with Crippen LogP contribution in [0.4, 0.5) is 17.1 Å². The van der Waals surface area contributed by atoms with Gasteiger partial charge in [0.25, 0.3) is 16.8 Å². The lowest BCUT2D eigenvalue weighted by Crippen LogP contribution is -2.41. The first-order chi connectivity index (χ1) is 14.6. The smallest absolute Gasteiger partial charge is 0.275 e. The Morgan fingerprint density at radius 2 is 1.94 bits per heavy atom. The molecule has 0 aliphatic heterocycles. The Labute approximate surface area is 183 Å². The highest BCUT2D eigenvalue weighted by Gasteiger charge is 2.38. The van der Waals surface area contributed by atoms with Gasteiger partial charge in [-0.1, -0.05) is 13.8 Å².